The molecule has 5 rings (SSSR count). The van der Waals surface area contributed by atoms with E-state index in [1.54, 1.807) is 19.4 Å². The zero-order chi connectivity index (χ0) is 25.4. The molecule has 0 saturated heterocycles. The van der Waals surface area contributed by atoms with Gasteiger partial charge in [0.1, 0.15) is 17.3 Å². The van der Waals surface area contributed by atoms with Crippen LogP contribution in [0.25, 0.3) is 0 Å². The van der Waals surface area contributed by atoms with Crippen LogP contribution in [-0.2, 0) is 5.41 Å². The minimum Gasteiger partial charge on any atom is -0.494 e. The van der Waals surface area contributed by atoms with Crippen molar-refractivity contribution in [2.75, 3.05) is 63.0 Å². The summed E-state index contributed by atoms with van der Waals surface area (Å²) in [6.07, 6.45) is 4.08. The standard InChI is InChI=1S/C26H31N7O3/c1-30(2)13-14-31(3)21-16-23(36-4)19(15-22(21)33(34)35)28-25-27-12-9-24(29-25)32-17-26(10-11-26)18-7-5-6-8-20(18)32/h5-9,12,15-16H,10-11,13-14,17H2,1-4H3,(H,27,28,29). The Morgan fingerprint density at radius 1 is 1.17 bits per heavy atom. The molecule has 1 aromatic heterocycles. The predicted octanol–water partition coefficient (Wildman–Crippen LogP) is 4.32. The molecule has 1 aliphatic carbocycles. The van der Waals surface area contributed by atoms with Crippen LogP contribution in [0.15, 0.2) is 48.7 Å². The Labute approximate surface area is 210 Å². The lowest BCUT2D eigenvalue weighted by atomic mass is 9.99. The molecule has 0 radical (unpaired) electrons. The quantitative estimate of drug-likeness (QED) is 0.348. The predicted molar refractivity (Wildman–Crippen MR) is 141 cm³/mol. The summed E-state index contributed by atoms with van der Waals surface area (Å²) < 4.78 is 5.59. The van der Waals surface area contributed by atoms with Crippen molar-refractivity contribution in [3.05, 3.63) is 64.3 Å². The normalized spacial score (nSPS) is 15.2. The maximum absolute atomic E-state index is 11.9. The SMILES string of the molecule is COc1cc(N(C)CCN(C)C)c([N+](=O)[O-])cc1Nc1nccc(N2CC3(CC3)c3ccccc32)n1. The Hall–Kier alpha value is -3.92. The summed E-state index contributed by atoms with van der Waals surface area (Å²) >= 11 is 0. The van der Waals surface area contributed by atoms with Crippen molar-refractivity contribution in [1.29, 1.82) is 0 Å². The first-order chi connectivity index (χ1) is 17.3. The number of nitro benzene ring substituents is 1. The fraction of sp³-hybridized carbons (Fsp3) is 0.385. The van der Waals surface area contributed by atoms with Gasteiger partial charge in [-0.05, 0) is 44.6 Å². The number of nitrogens with one attached hydrogen (secondary N) is 1. The highest BCUT2D eigenvalue weighted by Crippen LogP contribution is 2.57. The van der Waals surface area contributed by atoms with Gasteiger partial charge in [0.05, 0.1) is 17.7 Å². The van der Waals surface area contributed by atoms with Crippen LogP contribution in [0.1, 0.15) is 18.4 Å². The van der Waals surface area contributed by atoms with Gasteiger partial charge in [-0.3, -0.25) is 10.1 Å². The smallest absolute Gasteiger partial charge is 0.294 e. The molecule has 1 N–H and O–H groups in total. The van der Waals surface area contributed by atoms with Crippen molar-refractivity contribution in [2.45, 2.75) is 18.3 Å². The molecule has 0 unspecified atom stereocenters. The van der Waals surface area contributed by atoms with Crippen molar-refractivity contribution in [2.24, 2.45) is 0 Å². The lowest BCUT2D eigenvalue weighted by Gasteiger charge is -2.23. The molecule has 0 atom stereocenters. The van der Waals surface area contributed by atoms with E-state index in [2.05, 4.69) is 39.5 Å². The zero-order valence-electron chi connectivity index (χ0n) is 21.1. The van der Waals surface area contributed by atoms with Gasteiger partial charge in [0, 0.05) is 56.1 Å². The maximum atomic E-state index is 11.9. The number of nitro groups is 1. The van der Waals surface area contributed by atoms with Crippen molar-refractivity contribution in [3.8, 4) is 5.75 Å². The van der Waals surface area contributed by atoms with Crippen molar-refractivity contribution < 1.29 is 9.66 Å². The number of anilines is 5. The van der Waals surface area contributed by atoms with Crippen LogP contribution < -0.4 is 19.9 Å². The Bertz CT molecular complexity index is 1290. The molecule has 1 fully saturated rings. The van der Waals surface area contributed by atoms with Crippen molar-refractivity contribution in [3.63, 3.8) is 0 Å². The second-order valence-corrected chi connectivity index (χ2v) is 9.77. The molecule has 36 heavy (non-hydrogen) atoms. The molecule has 3 aromatic rings. The first kappa shape index (κ1) is 23.8. The van der Waals surface area contributed by atoms with Gasteiger partial charge in [0.2, 0.25) is 5.95 Å². The average molecular weight is 490 g/mol. The van der Waals surface area contributed by atoms with E-state index in [0.29, 0.717) is 29.6 Å². The highest BCUT2D eigenvalue weighted by Gasteiger charge is 2.52. The second-order valence-electron chi connectivity index (χ2n) is 9.77. The molecule has 1 spiro atoms. The number of aromatic nitrogens is 2. The summed E-state index contributed by atoms with van der Waals surface area (Å²) in [7, 11) is 7.32. The van der Waals surface area contributed by atoms with Gasteiger partial charge in [-0.25, -0.2) is 4.98 Å². The molecular weight excluding hydrogens is 458 g/mol. The monoisotopic (exact) mass is 489 g/mol. The number of hydrogen-bond donors (Lipinski definition) is 1. The lowest BCUT2D eigenvalue weighted by Crippen LogP contribution is -2.29. The Morgan fingerprint density at radius 3 is 2.64 bits per heavy atom. The molecule has 2 heterocycles. The molecule has 2 aromatic carbocycles. The van der Waals surface area contributed by atoms with E-state index in [4.69, 9.17) is 9.72 Å². The van der Waals surface area contributed by atoms with E-state index in [-0.39, 0.29) is 16.0 Å². The molecule has 1 saturated carbocycles. The van der Waals surface area contributed by atoms with Crippen LogP contribution >= 0.6 is 0 Å². The fourth-order valence-electron chi connectivity index (χ4n) is 4.84. The van der Waals surface area contributed by atoms with Crippen LogP contribution in [0.3, 0.4) is 0 Å². The molecule has 0 bridgehead atoms. The number of likely N-dealkylation sites (N-methyl/N-ethyl adjacent to an activating group) is 2. The average Bonchev–Trinajstić information content (AvgIpc) is 3.58. The number of rotatable bonds is 9. The Morgan fingerprint density at radius 2 is 1.94 bits per heavy atom. The summed E-state index contributed by atoms with van der Waals surface area (Å²) in [5.74, 6) is 1.62. The molecule has 10 nitrogen and oxygen atoms in total. The maximum Gasteiger partial charge on any atom is 0.294 e. The molecular formula is C26H31N7O3. The number of ether oxygens (including phenoxy) is 1. The Kier molecular flexibility index (Phi) is 6.13. The molecule has 1 aliphatic heterocycles. The van der Waals surface area contributed by atoms with E-state index >= 15 is 0 Å². The van der Waals surface area contributed by atoms with Crippen molar-refractivity contribution >= 4 is 34.5 Å². The summed E-state index contributed by atoms with van der Waals surface area (Å²) in [5, 5.41) is 15.1. The highest BCUT2D eigenvalue weighted by molar-refractivity contribution is 5.77. The number of hydrogen-bond acceptors (Lipinski definition) is 9. The third-order valence-electron chi connectivity index (χ3n) is 7.03. The highest BCUT2D eigenvalue weighted by atomic mass is 16.6. The number of fused-ring (bicyclic) bond motifs is 2. The van der Waals surface area contributed by atoms with Gasteiger partial charge in [-0.15, -0.1) is 0 Å². The van der Waals surface area contributed by atoms with Gasteiger partial charge >= 0.3 is 0 Å². The van der Waals surface area contributed by atoms with Crippen LogP contribution in [0.2, 0.25) is 0 Å². The van der Waals surface area contributed by atoms with Crippen LogP contribution in [0.5, 0.6) is 5.75 Å². The molecule has 2 aliphatic rings. The third-order valence-corrected chi connectivity index (χ3v) is 7.03. The number of benzene rings is 2. The number of para-hydroxylation sites is 1. The Balaban J connectivity index is 1.44. The largest absolute Gasteiger partial charge is 0.494 e. The van der Waals surface area contributed by atoms with E-state index in [1.807, 2.05) is 37.0 Å². The second kappa shape index (κ2) is 9.27. The first-order valence-corrected chi connectivity index (χ1v) is 12.0. The van der Waals surface area contributed by atoms with Gasteiger partial charge < -0.3 is 24.8 Å². The van der Waals surface area contributed by atoms with E-state index in [1.165, 1.54) is 30.2 Å². The summed E-state index contributed by atoms with van der Waals surface area (Å²) in [6, 6.07) is 13.6. The summed E-state index contributed by atoms with van der Waals surface area (Å²) in [5.41, 5.74) is 3.70. The van der Waals surface area contributed by atoms with Crippen molar-refractivity contribution in [1.82, 2.24) is 14.9 Å². The molecule has 188 valence electrons. The number of methoxy groups -OCH3 is 1. The summed E-state index contributed by atoms with van der Waals surface area (Å²) in [6.45, 7) is 2.29. The lowest BCUT2D eigenvalue weighted by molar-refractivity contribution is -0.384. The molecule has 10 heteroatoms. The fourth-order valence-corrected chi connectivity index (χ4v) is 4.84. The van der Waals surface area contributed by atoms with Gasteiger partial charge in [0.15, 0.2) is 0 Å². The number of nitrogens with zero attached hydrogens (tertiary/aromatic N) is 6. The van der Waals surface area contributed by atoms with Gasteiger partial charge in [0.25, 0.3) is 5.69 Å². The third kappa shape index (κ3) is 4.39. The minimum absolute atomic E-state index is 0.0140. The van der Waals surface area contributed by atoms with E-state index in [0.717, 1.165) is 18.9 Å². The van der Waals surface area contributed by atoms with Gasteiger partial charge in [-0.1, -0.05) is 18.2 Å². The zero-order valence-corrected chi connectivity index (χ0v) is 21.1. The van der Waals surface area contributed by atoms with Crippen LogP contribution in [0, 0.1) is 10.1 Å². The minimum atomic E-state index is -0.375. The summed E-state index contributed by atoms with van der Waals surface area (Å²) in [4.78, 5) is 26.8. The topological polar surface area (TPSA) is 99.9 Å². The molecule has 0 amide bonds. The van der Waals surface area contributed by atoms with E-state index in [9.17, 15) is 10.1 Å². The first-order valence-electron chi connectivity index (χ1n) is 12.0. The van der Waals surface area contributed by atoms with Gasteiger partial charge in [-0.2, -0.15) is 4.98 Å². The van der Waals surface area contributed by atoms with Crippen LogP contribution in [-0.4, -0.2) is 67.7 Å². The van der Waals surface area contributed by atoms with Crippen LogP contribution in [0.4, 0.5) is 34.5 Å². The van der Waals surface area contributed by atoms with E-state index < -0.39 is 0 Å².